The predicted octanol–water partition coefficient (Wildman–Crippen LogP) is 3.92. The third-order valence-electron chi connectivity index (χ3n) is 5.37. The van der Waals surface area contributed by atoms with E-state index in [-0.39, 0.29) is 46.4 Å². The van der Waals surface area contributed by atoms with Gasteiger partial charge in [-0.05, 0) is 60.2 Å². The smallest absolute Gasteiger partial charge is 0.243 e. The van der Waals surface area contributed by atoms with Crippen LogP contribution in [0.1, 0.15) is 18.1 Å². The van der Waals surface area contributed by atoms with Gasteiger partial charge in [-0.3, -0.25) is 14.6 Å². The number of carbonyl (C=O) groups is 2. The Morgan fingerprint density at radius 2 is 1.60 bits per heavy atom. The number of ketones is 1. The number of sulfonamides is 1. The van der Waals surface area contributed by atoms with Crippen LogP contribution >= 0.6 is 0 Å². The van der Waals surface area contributed by atoms with Gasteiger partial charge < -0.3 is 5.32 Å². The van der Waals surface area contributed by atoms with Crippen molar-refractivity contribution in [2.75, 3.05) is 18.4 Å². The van der Waals surface area contributed by atoms with E-state index in [1.165, 1.54) is 59.8 Å². The second-order valence-corrected chi connectivity index (χ2v) is 9.89. The Morgan fingerprint density at radius 3 is 2.23 bits per heavy atom. The van der Waals surface area contributed by atoms with E-state index < -0.39 is 15.8 Å². The number of benzene rings is 2. The molecular weight excluding hydrogens is 469 g/mol. The fourth-order valence-corrected chi connectivity index (χ4v) is 5.08. The molecular formula is C26H22FN3O4S. The summed E-state index contributed by atoms with van der Waals surface area (Å²) in [5.74, 6) is -1.14. The molecule has 4 rings (SSSR count). The second kappa shape index (κ2) is 10.1. The van der Waals surface area contributed by atoms with Crippen molar-refractivity contribution in [3.05, 3.63) is 101 Å². The highest BCUT2D eigenvalue weighted by molar-refractivity contribution is 7.89. The SMILES string of the molecule is CC(=O)Nc1ccc(S(=O)(=O)N2C/C(=C\c3ccncc3)C(=O)/C(=C/c3ccccc3F)C2)cc1. The van der Waals surface area contributed by atoms with E-state index in [9.17, 15) is 22.4 Å². The van der Waals surface area contributed by atoms with Crippen molar-refractivity contribution in [3.63, 3.8) is 0 Å². The number of nitrogens with zero attached hydrogens (tertiary/aromatic N) is 2. The fraction of sp³-hybridized carbons (Fsp3) is 0.115. The van der Waals surface area contributed by atoms with E-state index in [0.717, 1.165) is 0 Å². The Kier molecular flexibility index (Phi) is 6.99. The summed E-state index contributed by atoms with van der Waals surface area (Å²) in [5, 5.41) is 2.59. The van der Waals surface area contributed by atoms with Crippen molar-refractivity contribution in [3.8, 4) is 0 Å². The number of hydrogen-bond donors (Lipinski definition) is 1. The van der Waals surface area contributed by atoms with Gasteiger partial charge in [-0.2, -0.15) is 4.31 Å². The number of pyridine rings is 1. The van der Waals surface area contributed by atoms with Crippen LogP contribution in [-0.4, -0.2) is 42.5 Å². The van der Waals surface area contributed by atoms with E-state index in [4.69, 9.17) is 0 Å². The van der Waals surface area contributed by atoms with E-state index in [2.05, 4.69) is 10.3 Å². The number of rotatable bonds is 5. The third kappa shape index (κ3) is 5.59. The molecule has 0 aliphatic carbocycles. The first-order valence-corrected chi connectivity index (χ1v) is 12.2. The zero-order valence-electron chi connectivity index (χ0n) is 18.8. The maximum atomic E-state index is 14.3. The number of carbonyl (C=O) groups excluding carboxylic acids is 2. The first kappa shape index (κ1) is 24.2. The van der Waals surface area contributed by atoms with Gasteiger partial charge >= 0.3 is 0 Å². The minimum absolute atomic E-state index is 0.00875. The Hall–Kier alpha value is -3.95. The summed E-state index contributed by atoms with van der Waals surface area (Å²) in [7, 11) is -4.01. The molecule has 1 fully saturated rings. The van der Waals surface area contributed by atoms with E-state index in [0.29, 0.717) is 11.3 Å². The Morgan fingerprint density at radius 1 is 0.971 bits per heavy atom. The third-order valence-corrected chi connectivity index (χ3v) is 7.18. The lowest BCUT2D eigenvalue weighted by atomic mass is 9.95. The van der Waals surface area contributed by atoms with Crippen LogP contribution in [0.5, 0.6) is 0 Å². The van der Waals surface area contributed by atoms with Crippen molar-refractivity contribution in [1.82, 2.24) is 9.29 Å². The minimum atomic E-state index is -4.01. The number of amides is 1. The van der Waals surface area contributed by atoms with Gasteiger partial charge in [-0.25, -0.2) is 12.8 Å². The summed E-state index contributed by atoms with van der Waals surface area (Å²) in [6, 6.07) is 15.2. The first-order valence-electron chi connectivity index (χ1n) is 10.7. The highest BCUT2D eigenvalue weighted by Gasteiger charge is 2.34. The van der Waals surface area contributed by atoms with E-state index in [1.807, 2.05) is 0 Å². The number of piperidine rings is 1. The van der Waals surface area contributed by atoms with Gasteiger partial charge in [0.2, 0.25) is 15.9 Å². The van der Waals surface area contributed by atoms with Crippen molar-refractivity contribution in [2.45, 2.75) is 11.8 Å². The molecule has 1 aliphatic rings. The normalized spacial score (nSPS) is 17.0. The standard InChI is InChI=1S/C26H22FN3O4S/c1-18(31)29-23-6-8-24(9-7-23)35(33,34)30-16-21(14-19-10-12-28-13-11-19)26(32)22(17-30)15-20-4-2-3-5-25(20)27/h2-15H,16-17H2,1H3,(H,29,31)/b21-14+,22-15+. The van der Waals surface area contributed by atoms with Crippen LogP contribution < -0.4 is 5.32 Å². The molecule has 0 unspecified atom stereocenters. The van der Waals surface area contributed by atoms with E-state index >= 15 is 0 Å². The molecule has 0 spiro atoms. The summed E-state index contributed by atoms with van der Waals surface area (Å²) in [5.41, 5.74) is 1.75. The Balaban J connectivity index is 1.74. The molecule has 2 heterocycles. The fourth-order valence-electron chi connectivity index (χ4n) is 3.68. The monoisotopic (exact) mass is 491 g/mol. The van der Waals surface area contributed by atoms with Crippen molar-refractivity contribution >= 4 is 39.6 Å². The van der Waals surface area contributed by atoms with Gasteiger partial charge in [-0.15, -0.1) is 0 Å². The number of nitrogens with one attached hydrogen (secondary N) is 1. The molecule has 1 amide bonds. The lowest BCUT2D eigenvalue weighted by Crippen LogP contribution is -2.41. The largest absolute Gasteiger partial charge is 0.326 e. The second-order valence-electron chi connectivity index (χ2n) is 7.95. The van der Waals surface area contributed by atoms with Crippen LogP contribution in [-0.2, 0) is 19.6 Å². The molecule has 35 heavy (non-hydrogen) atoms. The van der Waals surface area contributed by atoms with Gasteiger partial charge in [0, 0.05) is 54.8 Å². The predicted molar refractivity (Wildman–Crippen MR) is 131 cm³/mol. The molecule has 178 valence electrons. The maximum absolute atomic E-state index is 14.3. The Bertz CT molecular complexity index is 1430. The van der Waals surface area contributed by atoms with Crippen LogP contribution in [0, 0.1) is 5.82 Å². The highest BCUT2D eigenvalue weighted by atomic mass is 32.2. The molecule has 0 bridgehead atoms. The molecule has 1 N–H and O–H groups in total. The lowest BCUT2D eigenvalue weighted by molar-refractivity contribution is -0.114. The van der Waals surface area contributed by atoms with Gasteiger partial charge in [0.1, 0.15) is 5.82 Å². The maximum Gasteiger partial charge on any atom is 0.243 e. The first-order chi connectivity index (χ1) is 16.7. The Labute approximate surface area is 202 Å². The number of halogens is 1. The molecule has 1 aromatic heterocycles. The van der Waals surface area contributed by atoms with Crippen molar-refractivity contribution < 1.29 is 22.4 Å². The lowest BCUT2D eigenvalue weighted by Gasteiger charge is -2.29. The quantitative estimate of drug-likeness (QED) is 0.546. The number of Topliss-reactive ketones (excluding diaryl/α,β-unsaturated/α-hetero) is 1. The molecule has 9 heteroatoms. The topological polar surface area (TPSA) is 96.4 Å². The summed E-state index contributed by atoms with van der Waals surface area (Å²) in [6.45, 7) is 0.998. The molecule has 0 saturated carbocycles. The van der Waals surface area contributed by atoms with Gasteiger partial charge in [0.05, 0.1) is 4.90 Å². The zero-order valence-corrected chi connectivity index (χ0v) is 19.6. The van der Waals surface area contributed by atoms with Crippen molar-refractivity contribution in [2.24, 2.45) is 0 Å². The summed E-state index contributed by atoms with van der Waals surface area (Å²) in [4.78, 5) is 28.5. The van der Waals surface area contributed by atoms with Gasteiger partial charge in [-0.1, -0.05) is 18.2 Å². The summed E-state index contributed by atoms with van der Waals surface area (Å²) >= 11 is 0. The van der Waals surface area contributed by atoms with Crippen LogP contribution in [0.2, 0.25) is 0 Å². The van der Waals surface area contributed by atoms with Crippen LogP contribution in [0.15, 0.2) is 89.1 Å². The van der Waals surface area contributed by atoms with E-state index in [1.54, 1.807) is 36.7 Å². The molecule has 7 nitrogen and oxygen atoms in total. The van der Waals surface area contributed by atoms with Crippen LogP contribution in [0.25, 0.3) is 12.2 Å². The molecule has 1 aliphatic heterocycles. The van der Waals surface area contributed by atoms with Crippen molar-refractivity contribution in [1.29, 1.82) is 0 Å². The number of anilines is 1. The zero-order chi connectivity index (χ0) is 25.0. The molecule has 2 aromatic carbocycles. The van der Waals surface area contributed by atoms with Crippen LogP contribution in [0.4, 0.5) is 10.1 Å². The highest BCUT2D eigenvalue weighted by Crippen LogP contribution is 2.28. The minimum Gasteiger partial charge on any atom is -0.326 e. The number of hydrogen-bond acceptors (Lipinski definition) is 5. The summed E-state index contributed by atoms with van der Waals surface area (Å²) < 4.78 is 42.4. The average molecular weight is 492 g/mol. The molecule has 0 atom stereocenters. The van der Waals surface area contributed by atoms with Gasteiger partial charge in [0.15, 0.2) is 5.78 Å². The average Bonchev–Trinajstić information content (AvgIpc) is 2.83. The van der Waals surface area contributed by atoms with Crippen LogP contribution in [0.3, 0.4) is 0 Å². The molecule has 1 saturated heterocycles. The molecule has 0 radical (unpaired) electrons. The number of aromatic nitrogens is 1. The molecule has 3 aromatic rings. The summed E-state index contributed by atoms with van der Waals surface area (Å²) in [6.07, 6.45) is 6.14. The van der Waals surface area contributed by atoms with Gasteiger partial charge in [0.25, 0.3) is 0 Å².